The molecule has 1 amide bonds. The van der Waals surface area contributed by atoms with Gasteiger partial charge in [-0.2, -0.15) is 5.26 Å². The first-order chi connectivity index (χ1) is 12.0. The molecule has 0 unspecified atom stereocenters. The smallest absolute Gasteiger partial charge is 0.266 e. The number of nitrogens with one attached hydrogen (secondary N) is 1. The average Bonchev–Trinajstić information content (AvgIpc) is 2.60. The highest BCUT2D eigenvalue weighted by Crippen LogP contribution is 2.28. The van der Waals surface area contributed by atoms with Gasteiger partial charge in [-0.15, -0.1) is 0 Å². The van der Waals surface area contributed by atoms with Crippen LogP contribution in [-0.2, 0) is 4.79 Å². The number of phenolic OH excluding ortho intramolecular Hbond substituents is 1. The van der Waals surface area contributed by atoms with Crippen molar-refractivity contribution in [3.63, 3.8) is 0 Å². The van der Waals surface area contributed by atoms with E-state index in [0.717, 1.165) is 0 Å². The molecule has 2 aromatic rings. The first-order valence-electron chi connectivity index (χ1n) is 7.12. The Balaban J connectivity index is 2.22. The van der Waals surface area contributed by atoms with Crippen LogP contribution in [0.2, 0.25) is 5.02 Å². The lowest BCUT2D eigenvalue weighted by Gasteiger charge is -2.08. The van der Waals surface area contributed by atoms with E-state index in [2.05, 4.69) is 5.32 Å². The molecule has 0 aliphatic rings. The van der Waals surface area contributed by atoms with Gasteiger partial charge in [0.1, 0.15) is 17.4 Å². The van der Waals surface area contributed by atoms with Crippen LogP contribution in [0.1, 0.15) is 5.56 Å². The van der Waals surface area contributed by atoms with Crippen LogP contribution in [0, 0.1) is 11.3 Å². The summed E-state index contributed by atoms with van der Waals surface area (Å²) < 4.78 is 9.99. The molecule has 2 aromatic carbocycles. The molecule has 6 nitrogen and oxygen atoms in total. The number of benzene rings is 2. The van der Waals surface area contributed by atoms with Gasteiger partial charge in [0.25, 0.3) is 5.91 Å². The maximum Gasteiger partial charge on any atom is 0.266 e. The molecule has 0 aliphatic heterocycles. The molecular formula is C18H15ClN2O4. The normalized spacial score (nSPS) is 10.7. The summed E-state index contributed by atoms with van der Waals surface area (Å²) in [4.78, 5) is 12.3. The fourth-order valence-electron chi connectivity index (χ4n) is 2.05. The average molecular weight is 359 g/mol. The van der Waals surface area contributed by atoms with Gasteiger partial charge in [0, 0.05) is 5.69 Å². The minimum absolute atomic E-state index is 0.0871. The molecule has 0 aromatic heterocycles. The predicted molar refractivity (Wildman–Crippen MR) is 94.9 cm³/mol. The summed E-state index contributed by atoms with van der Waals surface area (Å²) in [5.74, 6) is 0.0901. The van der Waals surface area contributed by atoms with Crippen LogP contribution >= 0.6 is 11.6 Å². The fourth-order valence-corrected chi connectivity index (χ4v) is 2.31. The van der Waals surface area contributed by atoms with Gasteiger partial charge >= 0.3 is 0 Å². The molecule has 2 rings (SSSR count). The number of amides is 1. The molecule has 0 aliphatic carbocycles. The predicted octanol–water partition coefficient (Wildman–Crippen LogP) is 3.61. The van der Waals surface area contributed by atoms with Crippen molar-refractivity contribution in [2.45, 2.75) is 0 Å². The van der Waals surface area contributed by atoms with Crippen molar-refractivity contribution in [1.29, 1.82) is 5.26 Å². The zero-order valence-electron chi connectivity index (χ0n) is 13.5. The molecule has 128 valence electrons. The van der Waals surface area contributed by atoms with E-state index in [1.165, 1.54) is 38.5 Å². The fraction of sp³-hybridized carbons (Fsp3) is 0.111. The van der Waals surface area contributed by atoms with E-state index in [9.17, 15) is 15.2 Å². The second-order valence-corrected chi connectivity index (χ2v) is 5.31. The summed E-state index contributed by atoms with van der Waals surface area (Å²) in [6.07, 6.45) is 1.36. The summed E-state index contributed by atoms with van der Waals surface area (Å²) in [6, 6.07) is 11.1. The van der Waals surface area contributed by atoms with Crippen molar-refractivity contribution in [3.8, 4) is 23.3 Å². The Morgan fingerprint density at radius 3 is 2.44 bits per heavy atom. The van der Waals surface area contributed by atoms with Crippen LogP contribution in [0.5, 0.6) is 17.2 Å². The van der Waals surface area contributed by atoms with Gasteiger partial charge in [-0.3, -0.25) is 4.79 Å². The van der Waals surface area contributed by atoms with Crippen molar-refractivity contribution >= 4 is 29.3 Å². The van der Waals surface area contributed by atoms with Crippen LogP contribution in [0.15, 0.2) is 42.0 Å². The summed E-state index contributed by atoms with van der Waals surface area (Å²) in [5.41, 5.74) is 0.781. The minimum Gasteiger partial charge on any atom is -0.504 e. The largest absolute Gasteiger partial charge is 0.504 e. The highest BCUT2D eigenvalue weighted by atomic mass is 35.5. The van der Waals surface area contributed by atoms with Crippen LogP contribution in [0.4, 0.5) is 5.69 Å². The van der Waals surface area contributed by atoms with Crippen LogP contribution < -0.4 is 14.8 Å². The standard InChI is InChI=1S/C18H15ClN2O4/c1-24-16-6-4-13(9-14(16)19)21-18(23)12(10-20)7-11-3-5-17(25-2)15(22)8-11/h3-9,22H,1-2H3,(H,21,23)/b12-7+. The van der Waals surface area contributed by atoms with Gasteiger partial charge < -0.3 is 19.9 Å². The van der Waals surface area contributed by atoms with Gasteiger partial charge in [-0.1, -0.05) is 17.7 Å². The number of phenols is 1. The molecular weight excluding hydrogens is 344 g/mol. The number of aromatic hydroxyl groups is 1. The van der Waals surface area contributed by atoms with E-state index in [1.807, 2.05) is 6.07 Å². The number of methoxy groups -OCH3 is 2. The lowest BCUT2D eigenvalue weighted by molar-refractivity contribution is -0.112. The summed E-state index contributed by atoms with van der Waals surface area (Å²) in [7, 11) is 2.92. The molecule has 2 N–H and O–H groups in total. The Labute approximate surface area is 149 Å². The lowest BCUT2D eigenvalue weighted by Crippen LogP contribution is -2.13. The number of nitriles is 1. The van der Waals surface area contributed by atoms with Gasteiger partial charge in [0.05, 0.1) is 19.2 Å². The first kappa shape index (κ1) is 18.2. The van der Waals surface area contributed by atoms with Gasteiger partial charge in [-0.25, -0.2) is 0 Å². The number of hydrogen-bond acceptors (Lipinski definition) is 5. The second-order valence-electron chi connectivity index (χ2n) is 4.90. The van der Waals surface area contributed by atoms with Crippen LogP contribution in [-0.4, -0.2) is 25.2 Å². The van der Waals surface area contributed by atoms with Crippen molar-refractivity contribution in [2.75, 3.05) is 19.5 Å². The highest BCUT2D eigenvalue weighted by Gasteiger charge is 2.11. The third kappa shape index (κ3) is 4.43. The molecule has 0 fully saturated rings. The molecule has 25 heavy (non-hydrogen) atoms. The third-order valence-electron chi connectivity index (χ3n) is 3.29. The number of halogens is 1. The number of hydrogen-bond donors (Lipinski definition) is 2. The molecule has 7 heteroatoms. The molecule has 0 heterocycles. The van der Waals surface area contributed by atoms with E-state index >= 15 is 0 Å². The van der Waals surface area contributed by atoms with Gasteiger partial charge in [0.2, 0.25) is 0 Å². The zero-order valence-corrected chi connectivity index (χ0v) is 14.3. The number of carbonyl (C=O) groups excluding carboxylic acids is 1. The summed E-state index contributed by atoms with van der Waals surface area (Å²) >= 11 is 6.01. The highest BCUT2D eigenvalue weighted by molar-refractivity contribution is 6.32. The Morgan fingerprint density at radius 2 is 1.88 bits per heavy atom. The second kappa shape index (κ2) is 8.08. The zero-order chi connectivity index (χ0) is 18.4. The van der Waals surface area contributed by atoms with E-state index in [0.29, 0.717) is 27.8 Å². The van der Waals surface area contributed by atoms with E-state index < -0.39 is 5.91 Å². The van der Waals surface area contributed by atoms with E-state index in [-0.39, 0.29) is 11.3 Å². The molecule has 0 atom stereocenters. The molecule has 0 bridgehead atoms. The summed E-state index contributed by atoms with van der Waals surface area (Å²) in [6.45, 7) is 0. The Morgan fingerprint density at radius 1 is 1.20 bits per heavy atom. The summed E-state index contributed by atoms with van der Waals surface area (Å²) in [5, 5.41) is 21.9. The monoisotopic (exact) mass is 358 g/mol. The van der Waals surface area contributed by atoms with E-state index in [4.69, 9.17) is 21.1 Å². The molecule has 0 spiro atoms. The van der Waals surface area contributed by atoms with Gasteiger partial charge in [0.15, 0.2) is 11.5 Å². The quantitative estimate of drug-likeness (QED) is 0.629. The molecule has 0 saturated heterocycles. The number of anilines is 1. The van der Waals surface area contributed by atoms with Crippen LogP contribution in [0.3, 0.4) is 0 Å². The van der Waals surface area contributed by atoms with E-state index in [1.54, 1.807) is 18.2 Å². The minimum atomic E-state index is -0.598. The first-order valence-corrected chi connectivity index (χ1v) is 7.50. The van der Waals surface area contributed by atoms with Crippen molar-refractivity contribution < 1.29 is 19.4 Å². The molecule has 0 saturated carbocycles. The lowest BCUT2D eigenvalue weighted by atomic mass is 10.1. The number of ether oxygens (including phenoxy) is 2. The number of rotatable bonds is 5. The Bertz CT molecular complexity index is 872. The number of nitrogens with zero attached hydrogens (tertiary/aromatic N) is 1. The maximum atomic E-state index is 12.3. The topological polar surface area (TPSA) is 91.6 Å². The SMILES string of the molecule is COc1ccc(/C=C(\C#N)C(=O)Nc2ccc(OC)c(Cl)c2)cc1O. The van der Waals surface area contributed by atoms with Crippen molar-refractivity contribution in [1.82, 2.24) is 0 Å². The Kier molecular flexibility index (Phi) is 5.88. The van der Waals surface area contributed by atoms with Crippen LogP contribution in [0.25, 0.3) is 6.08 Å². The maximum absolute atomic E-state index is 12.3. The third-order valence-corrected chi connectivity index (χ3v) is 3.58. The van der Waals surface area contributed by atoms with Crippen molar-refractivity contribution in [3.05, 3.63) is 52.6 Å². The van der Waals surface area contributed by atoms with Gasteiger partial charge in [-0.05, 0) is 42.0 Å². The number of carbonyl (C=O) groups is 1. The molecule has 0 radical (unpaired) electrons. The van der Waals surface area contributed by atoms with Crippen molar-refractivity contribution in [2.24, 2.45) is 0 Å². The Hall–Kier alpha value is -3.17.